The van der Waals surface area contributed by atoms with Crippen molar-refractivity contribution in [2.24, 2.45) is 29.1 Å². The Kier molecular flexibility index (Phi) is 6.35. The van der Waals surface area contributed by atoms with Crippen LogP contribution >= 0.6 is 0 Å². The van der Waals surface area contributed by atoms with Gasteiger partial charge in [0.1, 0.15) is 11.8 Å². The number of ether oxygens (including phenoxy) is 1. The molecule has 0 aliphatic heterocycles. The molecule has 0 heterocycles. The molecule has 1 atom stereocenters. The van der Waals surface area contributed by atoms with E-state index in [0.29, 0.717) is 13.2 Å². The molecular weight excluding hydrogens is 376 g/mol. The molecule has 4 aliphatic carbocycles. The minimum atomic E-state index is -0.472. The number of benzene rings is 1. The molecule has 0 saturated heterocycles. The van der Waals surface area contributed by atoms with Gasteiger partial charge in [-0.1, -0.05) is 32.0 Å². The molecule has 2 amide bonds. The monoisotopic (exact) mass is 412 g/mol. The van der Waals surface area contributed by atoms with Gasteiger partial charge in [-0.3, -0.25) is 9.59 Å². The number of amides is 2. The largest absolute Gasteiger partial charge is 0.494 e. The average Bonchev–Trinajstić information content (AvgIpc) is 2.71. The second kappa shape index (κ2) is 8.99. The predicted octanol–water partition coefficient (Wildman–Crippen LogP) is 3.93. The molecule has 0 radical (unpaired) electrons. The first-order valence-corrected chi connectivity index (χ1v) is 11.7. The lowest BCUT2D eigenvalue weighted by Crippen LogP contribution is -2.58. The zero-order valence-electron chi connectivity index (χ0n) is 18.4. The van der Waals surface area contributed by atoms with Crippen molar-refractivity contribution in [1.29, 1.82) is 0 Å². The quantitative estimate of drug-likeness (QED) is 0.604. The maximum Gasteiger partial charge on any atom is 0.242 e. The van der Waals surface area contributed by atoms with Crippen LogP contribution in [-0.4, -0.2) is 31.0 Å². The highest BCUT2D eigenvalue weighted by atomic mass is 16.5. The maximum absolute atomic E-state index is 13.3. The van der Waals surface area contributed by atoms with Gasteiger partial charge < -0.3 is 15.4 Å². The molecule has 1 aromatic carbocycles. The van der Waals surface area contributed by atoms with Crippen LogP contribution in [-0.2, 0) is 9.59 Å². The Hall–Kier alpha value is -2.04. The van der Waals surface area contributed by atoms with Crippen LogP contribution in [0.25, 0.3) is 0 Å². The van der Waals surface area contributed by atoms with Gasteiger partial charge in [-0.05, 0) is 80.8 Å². The Morgan fingerprint density at radius 1 is 1.03 bits per heavy atom. The molecule has 1 unspecified atom stereocenters. The van der Waals surface area contributed by atoms with Crippen molar-refractivity contribution in [1.82, 2.24) is 10.6 Å². The highest BCUT2D eigenvalue weighted by Crippen LogP contribution is 2.60. The first kappa shape index (κ1) is 21.2. The lowest BCUT2D eigenvalue weighted by Gasteiger charge is -2.55. The van der Waals surface area contributed by atoms with Gasteiger partial charge in [0, 0.05) is 12.0 Å². The van der Waals surface area contributed by atoms with E-state index in [0.717, 1.165) is 49.2 Å². The summed E-state index contributed by atoms with van der Waals surface area (Å²) in [5, 5.41) is 6.15. The van der Waals surface area contributed by atoms with Crippen molar-refractivity contribution in [3.63, 3.8) is 0 Å². The minimum absolute atomic E-state index is 0.0587. The van der Waals surface area contributed by atoms with E-state index in [9.17, 15) is 9.59 Å². The van der Waals surface area contributed by atoms with Crippen molar-refractivity contribution in [3.05, 3.63) is 30.3 Å². The van der Waals surface area contributed by atoms with Gasteiger partial charge in [0.15, 0.2) is 0 Å². The number of rotatable bonds is 9. The fraction of sp³-hybridized carbons (Fsp3) is 0.680. The second-order valence-corrected chi connectivity index (χ2v) is 10.2. The lowest BCUT2D eigenvalue weighted by atomic mass is 9.49. The SMILES string of the molecule is CC(C)C(NC(=O)C12CC3CC(CC(C3)C1)C2)C(=O)NCCCOc1ccccc1. The first-order valence-electron chi connectivity index (χ1n) is 11.7. The molecule has 5 heteroatoms. The number of hydrogen-bond donors (Lipinski definition) is 2. The van der Waals surface area contributed by atoms with E-state index in [4.69, 9.17) is 4.74 Å². The third kappa shape index (κ3) is 4.65. The van der Waals surface area contributed by atoms with Crippen LogP contribution in [0, 0.1) is 29.1 Å². The minimum Gasteiger partial charge on any atom is -0.494 e. The molecule has 1 aromatic rings. The number of nitrogens with one attached hydrogen (secondary N) is 2. The molecule has 5 rings (SSSR count). The molecular formula is C25H36N2O3. The summed E-state index contributed by atoms with van der Waals surface area (Å²) < 4.78 is 5.68. The molecule has 4 bridgehead atoms. The van der Waals surface area contributed by atoms with Crippen molar-refractivity contribution >= 4 is 11.8 Å². The van der Waals surface area contributed by atoms with E-state index < -0.39 is 6.04 Å². The third-order valence-electron chi connectivity index (χ3n) is 7.39. The van der Waals surface area contributed by atoms with E-state index >= 15 is 0 Å². The van der Waals surface area contributed by atoms with E-state index in [1.54, 1.807) is 0 Å². The molecule has 5 nitrogen and oxygen atoms in total. The van der Waals surface area contributed by atoms with Gasteiger partial charge >= 0.3 is 0 Å². The summed E-state index contributed by atoms with van der Waals surface area (Å²) in [7, 11) is 0. The van der Waals surface area contributed by atoms with Gasteiger partial charge in [0.05, 0.1) is 6.61 Å². The van der Waals surface area contributed by atoms with Crippen LogP contribution in [0.4, 0.5) is 0 Å². The summed E-state index contributed by atoms with van der Waals surface area (Å²) in [5.41, 5.74) is -0.217. The maximum atomic E-state index is 13.3. The smallest absolute Gasteiger partial charge is 0.242 e. The number of hydrogen-bond acceptors (Lipinski definition) is 3. The van der Waals surface area contributed by atoms with Crippen LogP contribution in [0.5, 0.6) is 5.75 Å². The molecule has 4 saturated carbocycles. The Morgan fingerprint density at radius 3 is 2.20 bits per heavy atom. The summed E-state index contributed by atoms with van der Waals surface area (Å²) in [6.45, 7) is 5.10. The number of carbonyl (C=O) groups excluding carboxylic acids is 2. The summed E-state index contributed by atoms with van der Waals surface area (Å²) in [4.78, 5) is 26.2. The van der Waals surface area contributed by atoms with Crippen LogP contribution in [0.3, 0.4) is 0 Å². The Labute approximate surface area is 180 Å². The summed E-state index contributed by atoms with van der Waals surface area (Å²) in [5.74, 6) is 3.11. The molecule has 164 valence electrons. The fourth-order valence-electron chi connectivity index (χ4n) is 6.32. The van der Waals surface area contributed by atoms with Gasteiger partial charge in [-0.15, -0.1) is 0 Å². The van der Waals surface area contributed by atoms with E-state index in [2.05, 4.69) is 10.6 Å². The van der Waals surface area contributed by atoms with Crippen molar-refractivity contribution in [2.45, 2.75) is 64.8 Å². The van der Waals surface area contributed by atoms with Gasteiger partial charge in [-0.2, -0.15) is 0 Å². The van der Waals surface area contributed by atoms with Gasteiger partial charge in [0.2, 0.25) is 11.8 Å². The second-order valence-electron chi connectivity index (χ2n) is 10.2. The molecule has 4 aliphatic rings. The molecule has 4 fully saturated rings. The van der Waals surface area contributed by atoms with E-state index in [1.807, 2.05) is 44.2 Å². The Bertz CT molecular complexity index is 711. The van der Waals surface area contributed by atoms with Gasteiger partial charge in [-0.25, -0.2) is 0 Å². The Morgan fingerprint density at radius 2 is 1.63 bits per heavy atom. The summed E-state index contributed by atoms with van der Waals surface area (Å²) in [6, 6.07) is 9.21. The molecule has 0 spiro atoms. The highest BCUT2D eigenvalue weighted by Gasteiger charge is 2.55. The normalized spacial score (nSPS) is 30.2. The van der Waals surface area contributed by atoms with Crippen LogP contribution in [0.2, 0.25) is 0 Å². The predicted molar refractivity (Wildman–Crippen MR) is 117 cm³/mol. The zero-order chi connectivity index (χ0) is 21.1. The zero-order valence-corrected chi connectivity index (χ0v) is 18.4. The van der Waals surface area contributed by atoms with E-state index in [-0.39, 0.29) is 23.1 Å². The third-order valence-corrected chi connectivity index (χ3v) is 7.39. The van der Waals surface area contributed by atoms with Crippen LogP contribution in [0.15, 0.2) is 30.3 Å². The van der Waals surface area contributed by atoms with Crippen molar-refractivity contribution < 1.29 is 14.3 Å². The topological polar surface area (TPSA) is 67.4 Å². The standard InChI is InChI=1S/C25H36N2O3/c1-17(2)22(23(28)26-9-6-10-30-21-7-4-3-5-8-21)27-24(29)25-14-18-11-19(15-25)13-20(12-18)16-25/h3-5,7-8,17-20,22H,6,9-16H2,1-2H3,(H,26,28)(H,27,29). The summed E-state index contributed by atoms with van der Waals surface area (Å²) >= 11 is 0. The molecule has 0 aromatic heterocycles. The first-order chi connectivity index (χ1) is 14.4. The van der Waals surface area contributed by atoms with Gasteiger partial charge in [0.25, 0.3) is 0 Å². The number of para-hydroxylation sites is 1. The lowest BCUT2D eigenvalue weighted by molar-refractivity contribution is -0.149. The highest BCUT2D eigenvalue weighted by molar-refractivity contribution is 5.90. The van der Waals surface area contributed by atoms with Crippen LogP contribution in [0.1, 0.15) is 58.8 Å². The van der Waals surface area contributed by atoms with E-state index in [1.165, 1.54) is 19.3 Å². The van der Waals surface area contributed by atoms with Crippen LogP contribution < -0.4 is 15.4 Å². The summed E-state index contributed by atoms with van der Waals surface area (Å²) in [6.07, 6.45) is 7.73. The average molecular weight is 413 g/mol. The van der Waals surface area contributed by atoms with Crippen molar-refractivity contribution in [3.8, 4) is 5.75 Å². The Balaban J connectivity index is 1.26. The number of carbonyl (C=O) groups is 2. The van der Waals surface area contributed by atoms with Crippen molar-refractivity contribution in [2.75, 3.05) is 13.2 Å². The molecule has 2 N–H and O–H groups in total. The fourth-order valence-corrected chi connectivity index (χ4v) is 6.32. The molecule has 30 heavy (non-hydrogen) atoms.